The molecule has 0 aromatic heterocycles. The molecule has 4 unspecified atom stereocenters. The number of rotatable bonds is 2. The van der Waals surface area contributed by atoms with E-state index in [9.17, 15) is 9.59 Å². The maximum atomic E-state index is 12.6. The molecular weight excluding hydrogens is 298 g/mol. The average molecular weight is 317 g/mol. The van der Waals surface area contributed by atoms with Crippen molar-refractivity contribution in [3.63, 3.8) is 0 Å². The largest absolute Gasteiger partial charge is 0.327 e. The van der Waals surface area contributed by atoms with Crippen LogP contribution in [0.5, 0.6) is 0 Å². The molecule has 6 heteroatoms. The fourth-order valence-electron chi connectivity index (χ4n) is 4.11. The Balaban J connectivity index is 1.50. The van der Waals surface area contributed by atoms with Gasteiger partial charge in [0.25, 0.3) is 0 Å². The van der Waals surface area contributed by atoms with Crippen molar-refractivity contribution >= 4 is 35.0 Å². The molecular formula is C16H19N3O2S. The Kier molecular flexibility index (Phi) is 3.38. The van der Waals surface area contributed by atoms with Crippen LogP contribution in [0, 0.1) is 17.8 Å². The zero-order valence-electron chi connectivity index (χ0n) is 12.2. The van der Waals surface area contributed by atoms with Gasteiger partial charge in [-0.05, 0) is 49.3 Å². The molecule has 4 N–H and O–H groups in total. The number of nitrogens with one attached hydrogen (secondary N) is 2. The number of carbonyl (C=O) groups excluding carboxylic acids is 2. The van der Waals surface area contributed by atoms with Gasteiger partial charge >= 0.3 is 0 Å². The van der Waals surface area contributed by atoms with Gasteiger partial charge in [-0.2, -0.15) is 0 Å². The van der Waals surface area contributed by atoms with Crippen LogP contribution in [-0.2, 0) is 9.59 Å². The molecule has 2 bridgehead atoms. The second kappa shape index (κ2) is 5.28. The molecule has 1 heterocycles. The molecule has 22 heavy (non-hydrogen) atoms. The Morgan fingerprint density at radius 3 is 2.91 bits per heavy atom. The van der Waals surface area contributed by atoms with Crippen molar-refractivity contribution in [1.82, 2.24) is 0 Å². The van der Waals surface area contributed by atoms with Crippen LogP contribution in [0.4, 0.5) is 11.4 Å². The quantitative estimate of drug-likeness (QED) is 0.779. The van der Waals surface area contributed by atoms with Crippen molar-refractivity contribution < 1.29 is 9.59 Å². The summed E-state index contributed by atoms with van der Waals surface area (Å²) < 4.78 is 0. The summed E-state index contributed by atoms with van der Waals surface area (Å²) in [7, 11) is 0. The first-order chi connectivity index (χ1) is 10.6. The first kappa shape index (κ1) is 14.1. The fraction of sp³-hybridized carbons (Fsp3) is 0.500. The second-order valence-corrected chi connectivity index (χ2v) is 7.49. The molecule has 2 amide bonds. The summed E-state index contributed by atoms with van der Waals surface area (Å²) in [6, 6.07) is 5.65. The second-order valence-electron chi connectivity index (χ2n) is 6.47. The smallest absolute Gasteiger partial charge is 0.234 e. The molecule has 0 radical (unpaired) electrons. The van der Waals surface area contributed by atoms with Gasteiger partial charge in [-0.25, -0.2) is 0 Å². The molecule has 1 aromatic carbocycles. The lowest BCUT2D eigenvalue weighted by Gasteiger charge is -2.27. The van der Waals surface area contributed by atoms with Crippen LogP contribution < -0.4 is 16.4 Å². The van der Waals surface area contributed by atoms with Crippen molar-refractivity contribution in [1.29, 1.82) is 0 Å². The molecule has 0 saturated heterocycles. The lowest BCUT2D eigenvalue weighted by molar-refractivity contribution is -0.121. The summed E-state index contributed by atoms with van der Waals surface area (Å²) in [6.07, 6.45) is 3.38. The highest BCUT2D eigenvalue weighted by atomic mass is 32.2. The van der Waals surface area contributed by atoms with E-state index in [0.717, 1.165) is 35.5 Å². The van der Waals surface area contributed by atoms with Gasteiger partial charge in [0.15, 0.2) is 0 Å². The van der Waals surface area contributed by atoms with Gasteiger partial charge in [0.1, 0.15) is 0 Å². The predicted octanol–water partition coefficient (Wildman–Crippen LogP) is 2.04. The number of anilines is 2. The van der Waals surface area contributed by atoms with Gasteiger partial charge in [-0.15, -0.1) is 11.8 Å². The van der Waals surface area contributed by atoms with Gasteiger partial charge in [0.05, 0.1) is 17.4 Å². The predicted molar refractivity (Wildman–Crippen MR) is 86.7 cm³/mol. The minimum absolute atomic E-state index is 0.00361. The highest BCUT2D eigenvalue weighted by molar-refractivity contribution is 8.00. The number of benzene rings is 1. The van der Waals surface area contributed by atoms with E-state index >= 15 is 0 Å². The molecule has 2 fully saturated rings. The Morgan fingerprint density at radius 2 is 2.14 bits per heavy atom. The third-order valence-corrected chi connectivity index (χ3v) is 6.24. The summed E-state index contributed by atoms with van der Waals surface area (Å²) in [5.74, 6) is 1.34. The SMILES string of the molecule is NC1C2CCC(C2)C1C(=O)Nc1ccc2c(c1)NC(=O)CS2. The lowest BCUT2D eigenvalue weighted by Crippen LogP contribution is -2.42. The van der Waals surface area contributed by atoms with E-state index in [1.807, 2.05) is 18.2 Å². The molecule has 3 aliphatic rings. The Bertz CT molecular complexity index is 646. The van der Waals surface area contributed by atoms with Crippen LogP contribution in [0.3, 0.4) is 0 Å². The number of carbonyl (C=O) groups is 2. The van der Waals surface area contributed by atoms with Gasteiger partial charge in [-0.3, -0.25) is 9.59 Å². The first-order valence-corrected chi connectivity index (χ1v) is 8.73. The maximum Gasteiger partial charge on any atom is 0.234 e. The monoisotopic (exact) mass is 317 g/mol. The fourth-order valence-corrected chi connectivity index (χ4v) is 4.90. The molecule has 4 rings (SSSR count). The third-order valence-electron chi connectivity index (χ3n) is 5.16. The van der Waals surface area contributed by atoms with Crippen molar-refractivity contribution in [2.45, 2.75) is 30.2 Å². The molecule has 1 aromatic rings. The summed E-state index contributed by atoms with van der Waals surface area (Å²) >= 11 is 1.52. The minimum atomic E-state index is -0.0706. The van der Waals surface area contributed by atoms with Crippen LogP contribution >= 0.6 is 11.8 Å². The third kappa shape index (κ3) is 2.30. The van der Waals surface area contributed by atoms with Crippen molar-refractivity contribution in [3.8, 4) is 0 Å². The number of hydrogen-bond acceptors (Lipinski definition) is 4. The topological polar surface area (TPSA) is 84.2 Å². The van der Waals surface area contributed by atoms with E-state index < -0.39 is 0 Å². The normalized spacial score (nSPS) is 32.5. The summed E-state index contributed by atoms with van der Waals surface area (Å²) in [4.78, 5) is 25.1. The average Bonchev–Trinajstić information content (AvgIpc) is 3.07. The summed E-state index contributed by atoms with van der Waals surface area (Å²) in [5, 5.41) is 5.83. The number of nitrogens with two attached hydrogens (primary N) is 1. The summed E-state index contributed by atoms with van der Waals surface area (Å²) in [5.41, 5.74) is 7.72. The van der Waals surface area contributed by atoms with Crippen molar-refractivity contribution in [3.05, 3.63) is 18.2 Å². The van der Waals surface area contributed by atoms with E-state index in [2.05, 4.69) is 10.6 Å². The number of thioether (sulfide) groups is 1. The van der Waals surface area contributed by atoms with Gasteiger partial charge in [0.2, 0.25) is 11.8 Å². The van der Waals surface area contributed by atoms with Crippen molar-refractivity contribution in [2.75, 3.05) is 16.4 Å². The maximum absolute atomic E-state index is 12.6. The molecule has 0 spiro atoms. The molecule has 2 aliphatic carbocycles. The minimum Gasteiger partial charge on any atom is -0.327 e. The summed E-state index contributed by atoms with van der Waals surface area (Å²) in [6.45, 7) is 0. The number of hydrogen-bond donors (Lipinski definition) is 3. The molecule has 2 saturated carbocycles. The van der Waals surface area contributed by atoms with E-state index in [-0.39, 0.29) is 23.8 Å². The molecule has 5 nitrogen and oxygen atoms in total. The van der Waals surface area contributed by atoms with E-state index in [0.29, 0.717) is 17.6 Å². The van der Waals surface area contributed by atoms with Gasteiger partial charge in [0, 0.05) is 16.6 Å². The van der Waals surface area contributed by atoms with Crippen LogP contribution in [0.15, 0.2) is 23.1 Å². The van der Waals surface area contributed by atoms with Crippen LogP contribution in [0.2, 0.25) is 0 Å². The molecule has 1 aliphatic heterocycles. The van der Waals surface area contributed by atoms with Crippen LogP contribution in [0.25, 0.3) is 0 Å². The van der Waals surface area contributed by atoms with E-state index in [1.165, 1.54) is 11.8 Å². The highest BCUT2D eigenvalue weighted by Gasteiger charge is 2.49. The van der Waals surface area contributed by atoms with Crippen molar-refractivity contribution in [2.24, 2.45) is 23.5 Å². The van der Waals surface area contributed by atoms with E-state index in [1.54, 1.807) is 0 Å². The van der Waals surface area contributed by atoms with Gasteiger partial charge < -0.3 is 16.4 Å². The highest BCUT2D eigenvalue weighted by Crippen LogP contribution is 2.48. The Morgan fingerprint density at radius 1 is 1.32 bits per heavy atom. The van der Waals surface area contributed by atoms with Crippen LogP contribution in [-0.4, -0.2) is 23.6 Å². The first-order valence-electron chi connectivity index (χ1n) is 7.75. The zero-order valence-corrected chi connectivity index (χ0v) is 13.0. The Hall–Kier alpha value is -1.53. The van der Waals surface area contributed by atoms with Gasteiger partial charge in [-0.1, -0.05) is 0 Å². The Labute approximate surface area is 133 Å². The van der Waals surface area contributed by atoms with E-state index in [4.69, 9.17) is 5.73 Å². The lowest BCUT2D eigenvalue weighted by atomic mass is 9.84. The zero-order chi connectivity index (χ0) is 15.3. The standard InChI is InChI=1S/C16H19N3O2S/c17-15-9-2-1-8(5-9)14(15)16(21)18-10-3-4-12-11(6-10)19-13(20)7-22-12/h3-4,6,8-9,14-15H,1-2,5,7,17H2,(H,18,21)(H,19,20). The molecule has 4 atom stereocenters. The van der Waals surface area contributed by atoms with Crippen LogP contribution in [0.1, 0.15) is 19.3 Å². The molecule has 116 valence electrons. The number of amides is 2. The number of fused-ring (bicyclic) bond motifs is 3.